The van der Waals surface area contributed by atoms with Crippen molar-refractivity contribution in [3.63, 3.8) is 0 Å². The van der Waals surface area contributed by atoms with Gasteiger partial charge in [0.2, 0.25) is 11.8 Å². The van der Waals surface area contributed by atoms with E-state index in [1.54, 1.807) is 24.3 Å². The van der Waals surface area contributed by atoms with E-state index in [-0.39, 0.29) is 18.2 Å². The van der Waals surface area contributed by atoms with Gasteiger partial charge in [0.1, 0.15) is 6.42 Å². The van der Waals surface area contributed by atoms with Crippen LogP contribution in [0.15, 0.2) is 48.8 Å². The zero-order valence-electron chi connectivity index (χ0n) is 13.5. The number of carbonyl (C=O) groups excluding carboxylic acids is 2. The van der Waals surface area contributed by atoms with Gasteiger partial charge in [0.15, 0.2) is 0 Å². The van der Waals surface area contributed by atoms with Crippen LogP contribution in [0.3, 0.4) is 0 Å². The molecule has 0 aliphatic rings. The molecule has 1 aromatic carbocycles. The van der Waals surface area contributed by atoms with Gasteiger partial charge in [-0.05, 0) is 48.7 Å². The van der Waals surface area contributed by atoms with Gasteiger partial charge in [0.05, 0.1) is 0 Å². The predicted molar refractivity (Wildman–Crippen MR) is 90.0 cm³/mol. The molecule has 0 radical (unpaired) electrons. The topological polar surface area (TPSA) is 62.3 Å². The molecule has 0 fully saturated rings. The Balaban J connectivity index is 1.79. The highest BCUT2D eigenvalue weighted by Gasteiger charge is 2.14. The zero-order valence-corrected chi connectivity index (χ0v) is 13.5. The van der Waals surface area contributed by atoms with E-state index in [1.807, 2.05) is 43.3 Å². The van der Waals surface area contributed by atoms with Crippen LogP contribution in [0.25, 0.3) is 0 Å². The molecule has 2 aromatic rings. The summed E-state index contributed by atoms with van der Waals surface area (Å²) in [5.74, 6) is -0.486. The van der Waals surface area contributed by atoms with E-state index in [9.17, 15) is 9.59 Å². The molecule has 0 bridgehead atoms. The fourth-order valence-electron chi connectivity index (χ4n) is 2.17. The number of amides is 2. The first-order valence-corrected chi connectivity index (χ1v) is 7.54. The molecule has 1 heterocycles. The molecule has 0 spiro atoms. The van der Waals surface area contributed by atoms with Crippen LogP contribution in [0.2, 0.25) is 0 Å². The van der Waals surface area contributed by atoms with E-state index in [0.29, 0.717) is 12.2 Å². The molecule has 2 amide bonds. The fourth-order valence-corrected chi connectivity index (χ4v) is 2.17. The summed E-state index contributed by atoms with van der Waals surface area (Å²) < 4.78 is 0. The monoisotopic (exact) mass is 311 g/mol. The lowest BCUT2D eigenvalue weighted by molar-refractivity contribution is -0.133. The maximum atomic E-state index is 12.1. The number of likely N-dealkylation sites (N-methyl/N-ethyl adjacent to an activating group) is 1. The number of aryl methyl sites for hydroxylation is 1. The number of carbonyl (C=O) groups is 2. The van der Waals surface area contributed by atoms with Crippen molar-refractivity contribution in [1.29, 1.82) is 0 Å². The van der Waals surface area contributed by atoms with Crippen molar-refractivity contribution in [3.8, 4) is 0 Å². The third kappa shape index (κ3) is 5.54. The molecule has 5 nitrogen and oxygen atoms in total. The Labute approximate surface area is 136 Å². The maximum absolute atomic E-state index is 12.1. The molecule has 0 saturated carbocycles. The van der Waals surface area contributed by atoms with Crippen LogP contribution in [0.5, 0.6) is 0 Å². The van der Waals surface area contributed by atoms with E-state index >= 15 is 0 Å². The van der Waals surface area contributed by atoms with Gasteiger partial charge in [-0.15, -0.1) is 0 Å². The van der Waals surface area contributed by atoms with Crippen LogP contribution < -0.4 is 5.32 Å². The molecule has 1 N–H and O–H groups in total. The lowest BCUT2D eigenvalue weighted by atomic mass is 10.2. The van der Waals surface area contributed by atoms with E-state index < -0.39 is 0 Å². The van der Waals surface area contributed by atoms with Crippen LogP contribution in [-0.4, -0.2) is 35.3 Å². The van der Waals surface area contributed by atoms with Crippen LogP contribution >= 0.6 is 0 Å². The van der Waals surface area contributed by atoms with Crippen molar-refractivity contribution < 1.29 is 9.59 Å². The van der Waals surface area contributed by atoms with E-state index in [2.05, 4.69) is 10.3 Å². The smallest absolute Gasteiger partial charge is 0.233 e. The lowest BCUT2D eigenvalue weighted by Crippen LogP contribution is -2.32. The first-order chi connectivity index (χ1) is 11.0. The summed E-state index contributed by atoms with van der Waals surface area (Å²) in [7, 11) is 1.71. The molecular formula is C18H21N3O2. The normalized spacial score (nSPS) is 10.2. The number of nitrogens with zero attached hydrogens (tertiary/aromatic N) is 2. The second-order valence-electron chi connectivity index (χ2n) is 5.52. The number of pyridine rings is 1. The van der Waals surface area contributed by atoms with Crippen molar-refractivity contribution >= 4 is 17.5 Å². The maximum Gasteiger partial charge on any atom is 0.233 e. The number of aromatic nitrogens is 1. The number of rotatable bonds is 6. The average molecular weight is 311 g/mol. The number of hydrogen-bond acceptors (Lipinski definition) is 3. The lowest BCUT2D eigenvalue weighted by Gasteiger charge is -2.17. The van der Waals surface area contributed by atoms with Gasteiger partial charge in [0, 0.05) is 31.7 Å². The Bertz CT molecular complexity index is 671. The summed E-state index contributed by atoms with van der Waals surface area (Å²) in [4.78, 5) is 29.6. The van der Waals surface area contributed by atoms with Gasteiger partial charge in [-0.1, -0.05) is 12.1 Å². The summed E-state index contributed by atoms with van der Waals surface area (Å²) >= 11 is 0. The molecule has 120 valence electrons. The Morgan fingerprint density at radius 3 is 2.61 bits per heavy atom. The molecule has 2 rings (SSSR count). The summed E-state index contributed by atoms with van der Waals surface area (Å²) in [6.45, 7) is 2.52. The number of nitrogens with one attached hydrogen (secondary N) is 1. The second kappa shape index (κ2) is 8.08. The summed E-state index contributed by atoms with van der Waals surface area (Å²) in [5.41, 5.74) is 2.88. The standard InChI is InChI=1S/C18H21N3O2/c1-14-4-3-5-16(12-14)20-17(22)13-18(23)21(2)11-8-15-6-9-19-10-7-15/h3-7,9-10,12H,8,11,13H2,1-2H3,(H,20,22). The van der Waals surface area contributed by atoms with Crippen LogP contribution in [0, 0.1) is 6.92 Å². The summed E-state index contributed by atoms with van der Waals surface area (Å²) in [5, 5.41) is 2.75. The fraction of sp³-hybridized carbons (Fsp3) is 0.278. The Morgan fingerprint density at radius 1 is 1.17 bits per heavy atom. The number of benzene rings is 1. The quantitative estimate of drug-likeness (QED) is 0.833. The van der Waals surface area contributed by atoms with Crippen LogP contribution in [0.1, 0.15) is 17.5 Å². The van der Waals surface area contributed by atoms with Gasteiger partial charge in [-0.25, -0.2) is 0 Å². The largest absolute Gasteiger partial charge is 0.345 e. The summed E-state index contributed by atoms with van der Waals surface area (Å²) in [6, 6.07) is 11.3. The highest BCUT2D eigenvalue weighted by molar-refractivity contribution is 6.03. The Hall–Kier alpha value is -2.69. The Kier molecular flexibility index (Phi) is 5.86. The molecule has 0 saturated heterocycles. The summed E-state index contributed by atoms with van der Waals surface area (Å²) in [6.07, 6.45) is 4.05. The van der Waals surface area contributed by atoms with Gasteiger partial charge >= 0.3 is 0 Å². The van der Waals surface area contributed by atoms with Gasteiger partial charge in [0.25, 0.3) is 0 Å². The highest BCUT2D eigenvalue weighted by atomic mass is 16.2. The third-order valence-corrected chi connectivity index (χ3v) is 3.52. The molecule has 1 aromatic heterocycles. The molecular weight excluding hydrogens is 290 g/mol. The highest BCUT2D eigenvalue weighted by Crippen LogP contribution is 2.10. The minimum atomic E-state index is -0.295. The Morgan fingerprint density at radius 2 is 1.91 bits per heavy atom. The van der Waals surface area contributed by atoms with Crippen LogP contribution in [0.4, 0.5) is 5.69 Å². The van der Waals surface area contributed by atoms with Gasteiger partial charge < -0.3 is 10.2 Å². The van der Waals surface area contributed by atoms with Crippen molar-refractivity contribution in [2.24, 2.45) is 0 Å². The van der Waals surface area contributed by atoms with Crippen molar-refractivity contribution in [3.05, 3.63) is 59.9 Å². The molecule has 5 heteroatoms. The zero-order chi connectivity index (χ0) is 16.7. The predicted octanol–water partition coefficient (Wildman–Crippen LogP) is 2.42. The van der Waals surface area contributed by atoms with E-state index in [1.165, 1.54) is 0 Å². The SMILES string of the molecule is Cc1cccc(NC(=O)CC(=O)N(C)CCc2ccncc2)c1. The minimum absolute atomic E-state index is 0.152. The van der Waals surface area contributed by atoms with E-state index in [4.69, 9.17) is 0 Å². The minimum Gasteiger partial charge on any atom is -0.345 e. The third-order valence-electron chi connectivity index (χ3n) is 3.52. The van der Waals surface area contributed by atoms with Crippen molar-refractivity contribution in [2.75, 3.05) is 18.9 Å². The van der Waals surface area contributed by atoms with Crippen molar-refractivity contribution in [1.82, 2.24) is 9.88 Å². The first kappa shape index (κ1) is 16.7. The van der Waals surface area contributed by atoms with E-state index in [0.717, 1.165) is 17.5 Å². The number of hydrogen-bond donors (Lipinski definition) is 1. The number of anilines is 1. The second-order valence-corrected chi connectivity index (χ2v) is 5.52. The first-order valence-electron chi connectivity index (χ1n) is 7.54. The average Bonchev–Trinajstić information content (AvgIpc) is 2.53. The molecule has 0 atom stereocenters. The van der Waals surface area contributed by atoms with Gasteiger partial charge in [-0.2, -0.15) is 0 Å². The van der Waals surface area contributed by atoms with Crippen molar-refractivity contribution in [2.45, 2.75) is 19.8 Å². The van der Waals surface area contributed by atoms with Crippen LogP contribution in [-0.2, 0) is 16.0 Å². The molecule has 0 aliphatic heterocycles. The van der Waals surface area contributed by atoms with Gasteiger partial charge in [-0.3, -0.25) is 14.6 Å². The molecule has 0 aliphatic carbocycles. The molecule has 0 unspecified atom stereocenters. The molecule has 23 heavy (non-hydrogen) atoms.